The molecule has 0 aromatic heterocycles. The Morgan fingerprint density at radius 1 is 1.12 bits per heavy atom. The van der Waals surface area contributed by atoms with E-state index in [0.717, 1.165) is 0 Å². The molecule has 2 rings (SSSR count). The first-order chi connectivity index (χ1) is 16.2. The van der Waals surface area contributed by atoms with Crippen molar-refractivity contribution in [2.45, 2.75) is 64.1 Å². The highest BCUT2D eigenvalue weighted by Crippen LogP contribution is 2.21. The Labute approximate surface area is 199 Å². The second kappa shape index (κ2) is 12.8. The molecule has 3 atom stereocenters. The van der Waals surface area contributed by atoms with Gasteiger partial charge in [-0.05, 0) is 68.8 Å². The van der Waals surface area contributed by atoms with Gasteiger partial charge in [0.25, 0.3) is 5.91 Å². The third kappa shape index (κ3) is 7.11. The summed E-state index contributed by atoms with van der Waals surface area (Å²) in [6.07, 6.45) is 3.43. The number of nitrogens with zero attached hydrogens (tertiary/aromatic N) is 1. The monoisotopic (exact) mass is 474 g/mol. The molecule has 1 aromatic carbocycles. The molecule has 1 fully saturated rings. The summed E-state index contributed by atoms with van der Waals surface area (Å²) in [6, 6.07) is 3.20. The highest BCUT2D eigenvalue weighted by Gasteiger charge is 2.38. The molecule has 1 aromatic rings. The Bertz CT molecular complexity index is 886. The molecule has 1 aliphatic rings. The lowest BCUT2D eigenvalue weighted by atomic mass is 10.0. The number of nitrogens with two attached hydrogens (primary N) is 1. The molecule has 0 radical (unpaired) electrons. The first-order valence-corrected chi connectivity index (χ1v) is 11.6. The zero-order valence-electron chi connectivity index (χ0n) is 19.7. The first kappa shape index (κ1) is 27.0. The van der Waals surface area contributed by atoms with Crippen molar-refractivity contribution in [1.29, 1.82) is 0 Å². The van der Waals surface area contributed by atoms with Crippen LogP contribution in [0, 0.1) is 5.92 Å². The third-order valence-electron chi connectivity index (χ3n) is 5.96. The van der Waals surface area contributed by atoms with E-state index in [1.165, 1.54) is 29.2 Å². The van der Waals surface area contributed by atoms with Crippen LogP contribution in [0.25, 0.3) is 0 Å². The topological polar surface area (TPSA) is 159 Å². The van der Waals surface area contributed by atoms with Crippen LogP contribution in [-0.2, 0) is 14.4 Å². The minimum absolute atomic E-state index is 0.0491. The minimum atomic E-state index is -1.10. The average molecular weight is 475 g/mol. The third-order valence-corrected chi connectivity index (χ3v) is 5.96. The van der Waals surface area contributed by atoms with E-state index in [1.54, 1.807) is 0 Å². The number of hydrogen-bond donors (Lipinski definition) is 4. The van der Waals surface area contributed by atoms with E-state index in [9.17, 15) is 24.0 Å². The van der Waals surface area contributed by atoms with Crippen molar-refractivity contribution in [3.8, 4) is 0 Å². The molecule has 5 N–H and O–H groups in total. The van der Waals surface area contributed by atoms with E-state index < -0.39 is 30.0 Å². The summed E-state index contributed by atoms with van der Waals surface area (Å²) in [5, 5.41) is 14.5. The van der Waals surface area contributed by atoms with Crippen molar-refractivity contribution < 1.29 is 29.1 Å². The first-order valence-electron chi connectivity index (χ1n) is 11.6. The van der Waals surface area contributed by atoms with Gasteiger partial charge in [-0.1, -0.05) is 13.8 Å². The maximum absolute atomic E-state index is 13.4. The number of carboxylic acid groups (broad SMARTS) is 1. The molecule has 0 saturated carbocycles. The molecule has 186 valence electrons. The van der Waals surface area contributed by atoms with Crippen LogP contribution < -0.4 is 16.4 Å². The molecule has 1 aliphatic heterocycles. The van der Waals surface area contributed by atoms with Gasteiger partial charge in [-0.25, -0.2) is 4.79 Å². The SMILES string of the molecule is CC(C)[C@@H](C=O)NC(=O)[C@@H]1CCCN1C(=O)[C@H](CCCCN)NC(=O)c1ccc(C(=O)O)cc1. The van der Waals surface area contributed by atoms with Crippen molar-refractivity contribution in [1.82, 2.24) is 15.5 Å². The summed E-state index contributed by atoms with van der Waals surface area (Å²) in [6.45, 7) is 4.47. The van der Waals surface area contributed by atoms with Crippen LogP contribution in [0.4, 0.5) is 0 Å². The van der Waals surface area contributed by atoms with Crippen molar-refractivity contribution >= 4 is 30.0 Å². The van der Waals surface area contributed by atoms with Crippen molar-refractivity contribution in [3.05, 3.63) is 35.4 Å². The highest BCUT2D eigenvalue weighted by atomic mass is 16.4. The number of carbonyl (C=O) groups excluding carboxylic acids is 4. The predicted octanol–water partition coefficient (Wildman–Crippen LogP) is 0.943. The molecule has 34 heavy (non-hydrogen) atoms. The molecule has 0 bridgehead atoms. The second-order valence-corrected chi connectivity index (χ2v) is 8.80. The number of amides is 3. The number of likely N-dealkylation sites (tertiary alicyclic amines) is 1. The number of aromatic carboxylic acids is 1. The smallest absolute Gasteiger partial charge is 0.335 e. The lowest BCUT2D eigenvalue weighted by molar-refractivity contribution is -0.140. The molecule has 1 saturated heterocycles. The largest absolute Gasteiger partial charge is 0.478 e. The summed E-state index contributed by atoms with van der Waals surface area (Å²) in [5.41, 5.74) is 5.85. The molecule has 3 amide bonds. The van der Waals surface area contributed by atoms with Crippen molar-refractivity contribution in [3.63, 3.8) is 0 Å². The predicted molar refractivity (Wildman–Crippen MR) is 125 cm³/mol. The molecule has 10 heteroatoms. The summed E-state index contributed by atoms with van der Waals surface area (Å²) in [5.74, 6) is -2.44. The van der Waals surface area contributed by atoms with Gasteiger partial charge < -0.3 is 31.2 Å². The van der Waals surface area contributed by atoms with Crippen LogP contribution in [0.5, 0.6) is 0 Å². The van der Waals surface area contributed by atoms with E-state index in [0.29, 0.717) is 51.5 Å². The van der Waals surface area contributed by atoms with Crippen LogP contribution in [-0.4, -0.2) is 71.2 Å². The number of nitrogens with one attached hydrogen (secondary N) is 2. The number of benzene rings is 1. The number of carboxylic acids is 1. The standard InChI is InChI=1S/C24H34N4O6/c1-15(2)19(14-29)27-22(31)20-7-5-13-28(20)23(32)18(6-3-4-12-25)26-21(30)16-8-10-17(11-9-16)24(33)34/h8-11,14-15,18-20H,3-7,12-13,25H2,1-2H3,(H,26,30)(H,27,31)(H,33,34)/t18-,19+,20-/m0/s1. The lowest BCUT2D eigenvalue weighted by Crippen LogP contribution is -2.55. The number of aldehydes is 1. The van der Waals surface area contributed by atoms with Crippen LogP contribution >= 0.6 is 0 Å². The highest BCUT2D eigenvalue weighted by molar-refractivity contribution is 5.99. The van der Waals surface area contributed by atoms with E-state index >= 15 is 0 Å². The summed E-state index contributed by atoms with van der Waals surface area (Å²) in [7, 11) is 0. The van der Waals surface area contributed by atoms with Gasteiger partial charge in [-0.3, -0.25) is 14.4 Å². The molecular weight excluding hydrogens is 440 g/mol. The Balaban J connectivity index is 2.15. The minimum Gasteiger partial charge on any atom is -0.478 e. The molecule has 0 aliphatic carbocycles. The van der Waals surface area contributed by atoms with Gasteiger partial charge in [-0.15, -0.1) is 0 Å². The van der Waals surface area contributed by atoms with Gasteiger partial charge in [0.15, 0.2) is 0 Å². The molecule has 0 spiro atoms. The normalized spacial score (nSPS) is 17.2. The van der Waals surface area contributed by atoms with Gasteiger partial charge >= 0.3 is 5.97 Å². The maximum atomic E-state index is 13.4. The Kier molecular flexibility index (Phi) is 10.2. The number of carbonyl (C=O) groups is 5. The molecule has 0 unspecified atom stereocenters. The Morgan fingerprint density at radius 3 is 2.32 bits per heavy atom. The Morgan fingerprint density at radius 2 is 1.76 bits per heavy atom. The van der Waals surface area contributed by atoms with Gasteiger partial charge in [-0.2, -0.15) is 0 Å². The van der Waals surface area contributed by atoms with Gasteiger partial charge in [0, 0.05) is 12.1 Å². The summed E-state index contributed by atoms with van der Waals surface area (Å²) in [4.78, 5) is 62.8. The lowest BCUT2D eigenvalue weighted by Gasteiger charge is -2.30. The van der Waals surface area contributed by atoms with Crippen molar-refractivity contribution in [2.24, 2.45) is 11.7 Å². The fourth-order valence-electron chi connectivity index (χ4n) is 3.88. The zero-order chi connectivity index (χ0) is 25.3. The van der Waals surface area contributed by atoms with E-state index in [4.69, 9.17) is 10.8 Å². The Hall–Kier alpha value is -3.27. The molecule has 1 heterocycles. The second-order valence-electron chi connectivity index (χ2n) is 8.80. The van der Waals surface area contributed by atoms with E-state index in [2.05, 4.69) is 10.6 Å². The number of unbranched alkanes of at least 4 members (excludes halogenated alkanes) is 1. The molecule has 10 nitrogen and oxygen atoms in total. The fourth-order valence-corrected chi connectivity index (χ4v) is 3.88. The maximum Gasteiger partial charge on any atom is 0.335 e. The van der Waals surface area contributed by atoms with Crippen LogP contribution in [0.1, 0.15) is 66.7 Å². The van der Waals surface area contributed by atoms with E-state index in [1.807, 2.05) is 13.8 Å². The van der Waals surface area contributed by atoms with Gasteiger partial charge in [0.05, 0.1) is 11.6 Å². The molecular formula is C24H34N4O6. The summed E-state index contributed by atoms with van der Waals surface area (Å²) < 4.78 is 0. The zero-order valence-corrected chi connectivity index (χ0v) is 19.7. The van der Waals surface area contributed by atoms with Gasteiger partial charge in [0.1, 0.15) is 18.4 Å². The average Bonchev–Trinajstić information content (AvgIpc) is 3.31. The fraction of sp³-hybridized carbons (Fsp3) is 0.542. The van der Waals surface area contributed by atoms with Crippen molar-refractivity contribution in [2.75, 3.05) is 13.1 Å². The van der Waals surface area contributed by atoms with Crippen LogP contribution in [0.2, 0.25) is 0 Å². The number of rotatable bonds is 12. The number of hydrogen-bond acceptors (Lipinski definition) is 6. The van der Waals surface area contributed by atoms with Crippen LogP contribution in [0.15, 0.2) is 24.3 Å². The summed E-state index contributed by atoms with van der Waals surface area (Å²) >= 11 is 0. The van der Waals surface area contributed by atoms with Crippen LogP contribution in [0.3, 0.4) is 0 Å². The van der Waals surface area contributed by atoms with Gasteiger partial charge in [0.2, 0.25) is 11.8 Å². The quantitative estimate of drug-likeness (QED) is 0.259. The van der Waals surface area contributed by atoms with E-state index in [-0.39, 0.29) is 28.9 Å².